The van der Waals surface area contributed by atoms with E-state index in [1.807, 2.05) is 0 Å². The van der Waals surface area contributed by atoms with E-state index in [-0.39, 0.29) is 40.9 Å². The minimum atomic E-state index is -3.93. The summed E-state index contributed by atoms with van der Waals surface area (Å²) in [5.41, 5.74) is 0. The Kier molecular flexibility index (Phi) is 6.23. The van der Waals surface area contributed by atoms with Crippen LogP contribution in [0.5, 0.6) is 5.75 Å². The van der Waals surface area contributed by atoms with E-state index in [2.05, 4.69) is 0 Å². The lowest BCUT2D eigenvalue weighted by Gasteiger charge is -2.33. The Morgan fingerprint density at radius 3 is 1.33 bits per heavy atom. The number of primary sulfonamides is 1. The number of methoxy groups -OCH3 is 1. The zero-order valence-electron chi connectivity index (χ0n) is 16.0. The summed E-state index contributed by atoms with van der Waals surface area (Å²) < 4.78 is 81.3. The molecule has 0 unspecified atom stereocenters. The number of hydrogen-bond acceptors (Lipinski definition) is 7. The maximum atomic E-state index is 12.8. The fourth-order valence-corrected chi connectivity index (χ4v) is 6.36. The largest absolute Gasteiger partial charge is 0.497 e. The molecule has 0 atom stereocenters. The lowest BCUT2D eigenvalue weighted by Crippen LogP contribution is -2.50. The van der Waals surface area contributed by atoms with Gasteiger partial charge in [-0.2, -0.15) is 8.61 Å². The van der Waals surface area contributed by atoms with E-state index < -0.39 is 30.1 Å². The highest BCUT2D eigenvalue weighted by molar-refractivity contribution is 7.90. The number of hydrogen-bond donors (Lipinski definition) is 1. The maximum Gasteiger partial charge on any atom is 0.243 e. The van der Waals surface area contributed by atoms with E-state index in [9.17, 15) is 25.3 Å². The van der Waals surface area contributed by atoms with Gasteiger partial charge in [-0.1, -0.05) is 0 Å². The smallest absolute Gasteiger partial charge is 0.243 e. The third-order valence-corrected chi connectivity index (χ3v) is 9.44. The molecule has 1 aliphatic heterocycles. The van der Waals surface area contributed by atoms with Gasteiger partial charge in [-0.25, -0.2) is 30.4 Å². The molecule has 1 heterocycles. The Morgan fingerprint density at radius 2 is 1.00 bits per heavy atom. The fourth-order valence-electron chi connectivity index (χ4n) is 3.00. The molecule has 2 aromatic carbocycles. The van der Waals surface area contributed by atoms with Crippen molar-refractivity contribution in [3.8, 4) is 5.75 Å². The van der Waals surface area contributed by atoms with E-state index in [4.69, 9.17) is 9.88 Å². The molecule has 0 spiro atoms. The van der Waals surface area contributed by atoms with Crippen LogP contribution >= 0.6 is 0 Å². The van der Waals surface area contributed by atoms with Crippen molar-refractivity contribution in [2.45, 2.75) is 14.7 Å². The molecule has 0 aromatic heterocycles. The average molecular weight is 476 g/mol. The Hall–Kier alpha value is -2.03. The van der Waals surface area contributed by atoms with Crippen LogP contribution in [-0.4, -0.2) is 67.2 Å². The molecule has 0 radical (unpaired) electrons. The number of rotatable bonds is 6. The molecule has 164 valence electrons. The van der Waals surface area contributed by atoms with Crippen molar-refractivity contribution in [1.82, 2.24) is 8.61 Å². The lowest BCUT2D eigenvalue weighted by molar-refractivity contribution is 0.273. The van der Waals surface area contributed by atoms with Gasteiger partial charge in [-0.05, 0) is 48.5 Å². The highest BCUT2D eigenvalue weighted by Crippen LogP contribution is 2.23. The van der Waals surface area contributed by atoms with Crippen LogP contribution in [-0.2, 0) is 30.1 Å². The monoisotopic (exact) mass is 475 g/mol. The van der Waals surface area contributed by atoms with Crippen molar-refractivity contribution in [2.75, 3.05) is 33.3 Å². The SMILES string of the molecule is COc1ccc(S(=O)(=O)N2CCN(S(=O)(=O)c3ccc(S(N)(=O)=O)cc3)CC2)cc1. The van der Waals surface area contributed by atoms with Crippen LogP contribution in [0.15, 0.2) is 63.2 Å². The van der Waals surface area contributed by atoms with Crippen molar-refractivity contribution >= 4 is 30.1 Å². The summed E-state index contributed by atoms with van der Waals surface area (Å²) in [6.07, 6.45) is 0. The zero-order chi connectivity index (χ0) is 22.2. The predicted molar refractivity (Wildman–Crippen MR) is 108 cm³/mol. The van der Waals surface area contributed by atoms with Crippen molar-refractivity contribution in [3.05, 3.63) is 48.5 Å². The van der Waals surface area contributed by atoms with Crippen LogP contribution in [0, 0.1) is 0 Å². The van der Waals surface area contributed by atoms with E-state index in [1.54, 1.807) is 12.1 Å². The molecule has 0 amide bonds. The predicted octanol–water partition coefficient (Wildman–Crippen LogP) is 0.0378. The Morgan fingerprint density at radius 1 is 0.667 bits per heavy atom. The molecule has 0 bridgehead atoms. The highest BCUT2D eigenvalue weighted by atomic mass is 32.2. The van der Waals surface area contributed by atoms with Crippen molar-refractivity contribution in [1.29, 1.82) is 0 Å². The first-order valence-electron chi connectivity index (χ1n) is 8.73. The molecule has 13 heteroatoms. The van der Waals surface area contributed by atoms with Gasteiger partial charge in [-0.3, -0.25) is 0 Å². The Balaban J connectivity index is 1.73. The second-order valence-electron chi connectivity index (χ2n) is 6.50. The van der Waals surface area contributed by atoms with Gasteiger partial charge in [0.05, 0.1) is 21.8 Å². The third-order valence-electron chi connectivity index (χ3n) is 4.68. The van der Waals surface area contributed by atoms with Crippen LogP contribution in [0.3, 0.4) is 0 Å². The molecule has 30 heavy (non-hydrogen) atoms. The molecule has 0 aliphatic carbocycles. The van der Waals surface area contributed by atoms with E-state index >= 15 is 0 Å². The van der Waals surface area contributed by atoms with Crippen molar-refractivity contribution in [3.63, 3.8) is 0 Å². The molecule has 3 rings (SSSR count). The second kappa shape index (κ2) is 8.24. The maximum absolute atomic E-state index is 12.8. The van der Waals surface area contributed by atoms with Crippen LogP contribution in [0.1, 0.15) is 0 Å². The number of nitrogens with zero attached hydrogens (tertiary/aromatic N) is 2. The number of piperazine rings is 1. The lowest BCUT2D eigenvalue weighted by atomic mass is 10.3. The van der Waals surface area contributed by atoms with Crippen LogP contribution < -0.4 is 9.88 Å². The van der Waals surface area contributed by atoms with Crippen molar-refractivity contribution < 1.29 is 30.0 Å². The summed E-state index contributed by atoms with van der Waals surface area (Å²) in [5, 5.41) is 5.02. The van der Waals surface area contributed by atoms with E-state index in [0.29, 0.717) is 5.75 Å². The second-order valence-corrected chi connectivity index (χ2v) is 11.9. The molecule has 1 aliphatic rings. The summed E-state index contributed by atoms with van der Waals surface area (Å²) in [6, 6.07) is 10.5. The standard InChI is InChI=1S/C17H21N3O7S3/c1-27-14-2-4-16(5-3-14)29(23,24)19-10-12-20(13-11-19)30(25,26)17-8-6-15(7-9-17)28(18,21)22/h2-9H,10-13H2,1H3,(H2,18,21,22). The topological polar surface area (TPSA) is 144 Å². The van der Waals surface area contributed by atoms with Gasteiger partial charge < -0.3 is 4.74 Å². The molecular weight excluding hydrogens is 454 g/mol. The Labute approximate surface area is 176 Å². The Bertz CT molecular complexity index is 1220. The summed E-state index contributed by atoms with van der Waals surface area (Å²) in [5.74, 6) is 0.526. The minimum Gasteiger partial charge on any atom is -0.497 e. The van der Waals surface area contributed by atoms with Gasteiger partial charge in [0.25, 0.3) is 0 Å². The van der Waals surface area contributed by atoms with Gasteiger partial charge in [0, 0.05) is 26.2 Å². The molecule has 10 nitrogen and oxygen atoms in total. The fraction of sp³-hybridized carbons (Fsp3) is 0.294. The molecule has 1 fully saturated rings. The first-order valence-corrected chi connectivity index (χ1v) is 13.2. The summed E-state index contributed by atoms with van der Waals surface area (Å²) in [6.45, 7) is -0.0883. The van der Waals surface area contributed by atoms with E-state index in [1.165, 1.54) is 27.9 Å². The molecule has 2 N–H and O–H groups in total. The van der Waals surface area contributed by atoms with Crippen molar-refractivity contribution in [2.24, 2.45) is 5.14 Å². The van der Waals surface area contributed by atoms with Gasteiger partial charge in [0.1, 0.15) is 5.75 Å². The third kappa shape index (κ3) is 4.50. The molecular formula is C17H21N3O7S3. The average Bonchev–Trinajstić information content (AvgIpc) is 2.73. The van der Waals surface area contributed by atoms with Crippen LogP contribution in [0.25, 0.3) is 0 Å². The van der Waals surface area contributed by atoms with Crippen LogP contribution in [0.4, 0.5) is 0 Å². The van der Waals surface area contributed by atoms with Gasteiger partial charge in [0.2, 0.25) is 30.1 Å². The first-order chi connectivity index (χ1) is 14.0. The molecule has 1 saturated heterocycles. The normalized spacial score (nSPS) is 17.0. The highest BCUT2D eigenvalue weighted by Gasteiger charge is 2.33. The van der Waals surface area contributed by atoms with Gasteiger partial charge in [-0.15, -0.1) is 0 Å². The number of benzene rings is 2. The van der Waals surface area contributed by atoms with E-state index in [0.717, 1.165) is 24.3 Å². The summed E-state index contributed by atoms with van der Waals surface area (Å²) in [7, 11) is -10.1. The number of sulfonamides is 3. The molecule has 0 saturated carbocycles. The van der Waals surface area contributed by atoms with Gasteiger partial charge >= 0.3 is 0 Å². The number of ether oxygens (including phenoxy) is 1. The molecule has 2 aromatic rings. The van der Waals surface area contributed by atoms with Gasteiger partial charge in [0.15, 0.2) is 0 Å². The zero-order valence-corrected chi connectivity index (χ0v) is 18.5. The summed E-state index contributed by atoms with van der Waals surface area (Å²) in [4.78, 5) is -0.198. The quantitative estimate of drug-likeness (QED) is 0.621. The summed E-state index contributed by atoms with van der Waals surface area (Å²) >= 11 is 0. The first kappa shape index (κ1) is 22.7. The minimum absolute atomic E-state index is 0.0111. The van der Waals surface area contributed by atoms with Crippen LogP contribution in [0.2, 0.25) is 0 Å². The number of nitrogens with two attached hydrogens (primary N) is 1.